The molecule has 11 nitrogen and oxygen atoms in total. The summed E-state index contributed by atoms with van der Waals surface area (Å²) in [4.78, 5) is 33.9. The van der Waals surface area contributed by atoms with Crippen LogP contribution in [0.1, 0.15) is 38.3 Å². The molecule has 214 valence electrons. The number of phenolic OH excluding ortho intramolecular Hbond substituents is 1. The lowest BCUT2D eigenvalue weighted by atomic mass is 9.94. The molecule has 1 atom stereocenters. The largest absolute Gasteiger partial charge is 0.508 e. The minimum absolute atomic E-state index is 0.0243. The number of methoxy groups -OCH3 is 2. The normalized spacial score (nSPS) is 10.8. The van der Waals surface area contributed by atoms with Crippen molar-refractivity contribution in [3.63, 3.8) is 0 Å². The molecule has 0 bridgehead atoms. The summed E-state index contributed by atoms with van der Waals surface area (Å²) in [6.07, 6.45) is 4.19. The molecule has 0 radical (unpaired) electrons. The fourth-order valence-corrected chi connectivity index (χ4v) is 3.56. The Morgan fingerprint density at radius 3 is 2.23 bits per heavy atom. The van der Waals surface area contributed by atoms with E-state index in [1.165, 1.54) is 38.5 Å². The SMILES string of the molecule is CC(C)(COP)C(=O)NCCc1ccc(O)cc1.CCCNC(=O)/C=C/c1cc(OC)c(OC)cc1[N+](=O)[O-]. The van der Waals surface area contributed by atoms with Gasteiger partial charge in [0, 0.05) is 28.6 Å². The summed E-state index contributed by atoms with van der Waals surface area (Å²) < 4.78 is 15.1. The number of amides is 2. The van der Waals surface area contributed by atoms with Crippen molar-refractivity contribution < 1.29 is 33.6 Å². The number of rotatable bonds is 13. The quantitative estimate of drug-likeness (QED) is 0.143. The van der Waals surface area contributed by atoms with Crippen molar-refractivity contribution in [3.05, 3.63) is 63.7 Å². The third kappa shape index (κ3) is 11.7. The zero-order valence-electron chi connectivity index (χ0n) is 23.0. The van der Waals surface area contributed by atoms with Gasteiger partial charge in [-0.15, -0.1) is 0 Å². The third-order valence-corrected chi connectivity index (χ3v) is 5.55. The number of carbonyl (C=O) groups excluding carboxylic acids is 2. The Morgan fingerprint density at radius 2 is 1.69 bits per heavy atom. The Hall–Kier alpha value is -3.69. The minimum atomic E-state index is -0.536. The molecule has 12 heteroatoms. The van der Waals surface area contributed by atoms with Crippen LogP contribution < -0.4 is 20.1 Å². The highest BCUT2D eigenvalue weighted by Crippen LogP contribution is 2.35. The smallest absolute Gasteiger partial charge is 0.280 e. The number of benzene rings is 2. The first-order chi connectivity index (χ1) is 18.5. The van der Waals surface area contributed by atoms with E-state index in [1.807, 2.05) is 32.9 Å². The average Bonchev–Trinajstić information content (AvgIpc) is 2.91. The maximum absolute atomic E-state index is 11.9. The molecule has 0 saturated heterocycles. The van der Waals surface area contributed by atoms with Crippen LogP contribution in [0, 0.1) is 15.5 Å². The number of nitrogens with zero attached hydrogens (tertiary/aromatic N) is 1. The Morgan fingerprint density at radius 1 is 1.08 bits per heavy atom. The molecule has 39 heavy (non-hydrogen) atoms. The molecule has 0 spiro atoms. The second-order valence-electron chi connectivity index (χ2n) is 9.01. The first-order valence-corrected chi connectivity index (χ1v) is 12.7. The lowest BCUT2D eigenvalue weighted by molar-refractivity contribution is -0.385. The van der Waals surface area contributed by atoms with Gasteiger partial charge in [0.1, 0.15) is 5.75 Å². The predicted molar refractivity (Wildman–Crippen MR) is 153 cm³/mol. The molecule has 2 amide bonds. The Bertz CT molecular complexity index is 1120. The molecule has 2 rings (SSSR count). The van der Waals surface area contributed by atoms with E-state index in [2.05, 4.69) is 20.1 Å². The van der Waals surface area contributed by atoms with Crippen LogP contribution in [0.15, 0.2) is 42.5 Å². The molecule has 1 unspecified atom stereocenters. The van der Waals surface area contributed by atoms with Crippen molar-refractivity contribution in [2.75, 3.05) is 33.9 Å². The van der Waals surface area contributed by atoms with Crippen LogP contribution in [-0.2, 0) is 20.5 Å². The number of hydrogen-bond acceptors (Lipinski definition) is 8. The number of hydrogen-bond donors (Lipinski definition) is 3. The first kappa shape index (κ1) is 33.3. The van der Waals surface area contributed by atoms with Crippen molar-refractivity contribution in [3.8, 4) is 17.2 Å². The van der Waals surface area contributed by atoms with Crippen molar-refractivity contribution in [2.45, 2.75) is 33.6 Å². The van der Waals surface area contributed by atoms with E-state index in [0.29, 0.717) is 25.4 Å². The number of ether oxygens (including phenoxy) is 2. The summed E-state index contributed by atoms with van der Waals surface area (Å²) >= 11 is 0. The lowest BCUT2D eigenvalue weighted by Gasteiger charge is -2.22. The number of phenols is 1. The molecule has 0 heterocycles. The monoisotopic (exact) mass is 563 g/mol. The van der Waals surface area contributed by atoms with Crippen LogP contribution in [0.3, 0.4) is 0 Å². The summed E-state index contributed by atoms with van der Waals surface area (Å²) in [5.74, 6) is 0.541. The predicted octanol–water partition coefficient (Wildman–Crippen LogP) is 4.04. The number of nitrogens with one attached hydrogen (secondary N) is 2. The van der Waals surface area contributed by atoms with E-state index in [9.17, 15) is 19.7 Å². The van der Waals surface area contributed by atoms with E-state index >= 15 is 0 Å². The molecular formula is C27H38N3O8P. The highest BCUT2D eigenvalue weighted by atomic mass is 31.0. The van der Waals surface area contributed by atoms with Gasteiger partial charge in [-0.3, -0.25) is 19.7 Å². The van der Waals surface area contributed by atoms with Gasteiger partial charge in [0.25, 0.3) is 5.69 Å². The van der Waals surface area contributed by atoms with Crippen LogP contribution in [0.25, 0.3) is 6.08 Å². The van der Waals surface area contributed by atoms with Crippen molar-refractivity contribution in [2.24, 2.45) is 5.41 Å². The highest BCUT2D eigenvalue weighted by Gasteiger charge is 2.27. The van der Waals surface area contributed by atoms with Gasteiger partial charge in [0.15, 0.2) is 11.5 Å². The Labute approximate surface area is 231 Å². The van der Waals surface area contributed by atoms with Gasteiger partial charge < -0.3 is 29.7 Å². The number of carbonyl (C=O) groups is 2. The number of aromatic hydroxyl groups is 1. The van der Waals surface area contributed by atoms with Crippen LogP contribution in [0.5, 0.6) is 17.2 Å². The van der Waals surface area contributed by atoms with Crippen molar-refractivity contribution >= 4 is 33.0 Å². The number of nitro benzene ring substituents is 1. The van der Waals surface area contributed by atoms with Crippen LogP contribution in [0.4, 0.5) is 5.69 Å². The van der Waals surface area contributed by atoms with Crippen molar-refractivity contribution in [1.82, 2.24) is 10.6 Å². The minimum Gasteiger partial charge on any atom is -0.508 e. The molecule has 3 N–H and O–H groups in total. The Kier molecular flexibility index (Phi) is 14.5. The van der Waals surface area contributed by atoms with Gasteiger partial charge in [-0.1, -0.05) is 19.1 Å². The second-order valence-corrected chi connectivity index (χ2v) is 9.35. The summed E-state index contributed by atoms with van der Waals surface area (Å²) in [6, 6.07) is 9.70. The van der Waals surface area contributed by atoms with E-state index in [-0.39, 0.29) is 34.6 Å². The summed E-state index contributed by atoms with van der Waals surface area (Å²) in [5.41, 5.74) is 0.654. The molecular weight excluding hydrogens is 525 g/mol. The van der Waals surface area contributed by atoms with Gasteiger partial charge in [0.2, 0.25) is 11.8 Å². The van der Waals surface area contributed by atoms with E-state index in [1.54, 1.807) is 12.1 Å². The number of nitro groups is 1. The summed E-state index contributed by atoms with van der Waals surface area (Å²) in [6.45, 7) is 7.10. The molecule has 2 aromatic carbocycles. The van der Waals surface area contributed by atoms with Gasteiger partial charge in [-0.05, 0) is 56.5 Å². The lowest BCUT2D eigenvalue weighted by Crippen LogP contribution is -2.40. The second kappa shape index (κ2) is 17.0. The fourth-order valence-electron chi connectivity index (χ4n) is 3.14. The Balaban J connectivity index is 0.000000395. The van der Waals surface area contributed by atoms with Crippen LogP contribution >= 0.6 is 9.47 Å². The van der Waals surface area contributed by atoms with Gasteiger partial charge >= 0.3 is 0 Å². The van der Waals surface area contributed by atoms with Crippen LogP contribution in [0.2, 0.25) is 0 Å². The fraction of sp³-hybridized carbons (Fsp3) is 0.407. The zero-order valence-corrected chi connectivity index (χ0v) is 24.1. The standard InChI is InChI=1S/C14H18N2O5.C13H20NO3P/c1-4-7-15-14(17)6-5-10-8-12(20-2)13(21-3)9-11(10)16(18)19;1-13(2,9-17-18)12(16)14-8-7-10-3-5-11(15)6-4-10/h5-6,8-9H,4,7H2,1-3H3,(H,15,17);3-6,15H,7-9,18H2,1-2H3,(H,14,16)/b6-5+;. The average molecular weight is 564 g/mol. The van der Waals surface area contributed by atoms with Gasteiger partial charge in [0.05, 0.1) is 42.8 Å². The maximum Gasteiger partial charge on any atom is 0.280 e. The van der Waals surface area contributed by atoms with E-state index in [0.717, 1.165) is 18.4 Å². The van der Waals surface area contributed by atoms with Crippen LogP contribution in [-0.4, -0.2) is 55.8 Å². The highest BCUT2D eigenvalue weighted by molar-refractivity contribution is 7.09. The molecule has 0 aliphatic carbocycles. The van der Waals surface area contributed by atoms with Gasteiger partial charge in [-0.25, -0.2) is 0 Å². The molecule has 0 aromatic heterocycles. The van der Waals surface area contributed by atoms with Gasteiger partial charge in [-0.2, -0.15) is 0 Å². The zero-order chi connectivity index (χ0) is 29.4. The molecule has 0 saturated carbocycles. The van der Waals surface area contributed by atoms with Crippen molar-refractivity contribution in [1.29, 1.82) is 0 Å². The van der Waals surface area contributed by atoms with E-state index < -0.39 is 10.3 Å². The molecule has 0 fully saturated rings. The molecule has 0 aliphatic heterocycles. The molecule has 2 aromatic rings. The molecule has 0 aliphatic rings. The first-order valence-electron chi connectivity index (χ1n) is 12.2. The summed E-state index contributed by atoms with van der Waals surface area (Å²) in [5, 5.41) is 25.8. The maximum atomic E-state index is 11.9. The third-order valence-electron chi connectivity index (χ3n) is 5.39. The summed E-state index contributed by atoms with van der Waals surface area (Å²) in [7, 11) is 4.99. The topological polar surface area (TPSA) is 149 Å². The van der Waals surface area contributed by atoms with E-state index in [4.69, 9.17) is 19.1 Å².